The van der Waals surface area contributed by atoms with Crippen molar-refractivity contribution in [2.45, 2.75) is 6.61 Å². The molecule has 1 aromatic heterocycles. The molecule has 0 saturated heterocycles. The Morgan fingerprint density at radius 1 is 1.24 bits per heavy atom. The molecule has 0 radical (unpaired) electrons. The summed E-state index contributed by atoms with van der Waals surface area (Å²) in [6.07, 6.45) is 0. The first-order chi connectivity index (χ1) is 12.1. The minimum absolute atomic E-state index is 0.0136. The van der Waals surface area contributed by atoms with Gasteiger partial charge in [-0.1, -0.05) is 12.1 Å². The average Bonchev–Trinajstić information content (AvgIpc) is 3.11. The second kappa shape index (κ2) is 7.31. The molecule has 1 N–H and O–H groups in total. The third-order valence-corrected chi connectivity index (χ3v) is 4.33. The van der Waals surface area contributed by atoms with Gasteiger partial charge in [-0.15, -0.1) is 11.3 Å². The summed E-state index contributed by atoms with van der Waals surface area (Å²) in [5, 5.41) is 11.0. The van der Waals surface area contributed by atoms with E-state index in [2.05, 4.69) is 4.98 Å². The zero-order valence-corrected chi connectivity index (χ0v) is 14.0. The number of methoxy groups -OCH3 is 1. The fourth-order valence-electron chi connectivity index (χ4n) is 2.16. The molecule has 3 rings (SSSR count). The molecule has 0 aliphatic heterocycles. The van der Waals surface area contributed by atoms with Crippen LogP contribution in [0.3, 0.4) is 0 Å². The summed E-state index contributed by atoms with van der Waals surface area (Å²) in [5.74, 6) is -0.276. The van der Waals surface area contributed by atoms with Crippen LogP contribution in [0.5, 0.6) is 11.5 Å². The van der Waals surface area contributed by atoms with Crippen molar-refractivity contribution in [2.75, 3.05) is 7.11 Å². The topological polar surface area (TPSA) is 68.7 Å². The predicted molar refractivity (Wildman–Crippen MR) is 91.8 cm³/mol. The maximum Gasteiger partial charge on any atom is 0.355 e. The van der Waals surface area contributed by atoms with Crippen molar-refractivity contribution in [1.29, 1.82) is 0 Å². The number of hydrogen-bond acceptors (Lipinski definition) is 5. The number of aromatic nitrogens is 1. The number of rotatable bonds is 6. The van der Waals surface area contributed by atoms with Gasteiger partial charge in [0.25, 0.3) is 0 Å². The lowest BCUT2D eigenvalue weighted by Gasteiger charge is -2.12. The first-order valence-electron chi connectivity index (χ1n) is 7.31. The Balaban J connectivity index is 1.89. The van der Waals surface area contributed by atoms with E-state index < -0.39 is 5.97 Å². The molecule has 0 unspecified atom stereocenters. The highest BCUT2D eigenvalue weighted by molar-refractivity contribution is 7.13. The summed E-state index contributed by atoms with van der Waals surface area (Å²) in [4.78, 5) is 15.1. The van der Waals surface area contributed by atoms with Crippen molar-refractivity contribution < 1.29 is 23.8 Å². The number of thiazole rings is 1. The predicted octanol–water partition coefficient (Wildman–Crippen LogP) is 4.24. The Labute approximate surface area is 147 Å². The molecule has 128 valence electrons. The molecule has 0 atom stereocenters. The van der Waals surface area contributed by atoms with Gasteiger partial charge in [0.15, 0.2) is 5.69 Å². The molecule has 0 aliphatic carbocycles. The van der Waals surface area contributed by atoms with Crippen molar-refractivity contribution in [1.82, 2.24) is 4.98 Å². The number of halogens is 1. The smallest absolute Gasteiger partial charge is 0.355 e. The van der Waals surface area contributed by atoms with Crippen molar-refractivity contribution in [3.8, 4) is 22.1 Å². The van der Waals surface area contributed by atoms with E-state index in [1.54, 1.807) is 37.4 Å². The third-order valence-electron chi connectivity index (χ3n) is 3.45. The van der Waals surface area contributed by atoms with Gasteiger partial charge >= 0.3 is 5.97 Å². The number of aromatic carboxylic acids is 1. The lowest BCUT2D eigenvalue weighted by atomic mass is 10.2. The van der Waals surface area contributed by atoms with Crippen LogP contribution in [-0.4, -0.2) is 23.2 Å². The standard InChI is InChI=1S/C18H14FNO4S/c1-23-13-6-7-14(17-20-15(10-25-17)18(21)22)16(8-13)24-9-11-2-4-12(19)5-3-11/h2-8,10H,9H2,1H3,(H,21,22). The number of carbonyl (C=O) groups is 1. The number of hydrogen-bond donors (Lipinski definition) is 1. The van der Waals surface area contributed by atoms with Crippen molar-refractivity contribution >= 4 is 17.3 Å². The molecule has 2 aromatic carbocycles. The molecule has 0 spiro atoms. The highest BCUT2D eigenvalue weighted by Gasteiger charge is 2.15. The summed E-state index contributed by atoms with van der Waals surface area (Å²) in [6, 6.07) is 11.2. The highest BCUT2D eigenvalue weighted by Crippen LogP contribution is 2.35. The van der Waals surface area contributed by atoms with E-state index in [9.17, 15) is 9.18 Å². The molecule has 3 aromatic rings. The maximum absolute atomic E-state index is 13.0. The quantitative estimate of drug-likeness (QED) is 0.713. The van der Waals surface area contributed by atoms with E-state index in [0.29, 0.717) is 22.1 Å². The van der Waals surface area contributed by atoms with Crippen molar-refractivity contribution in [3.05, 3.63) is 64.9 Å². The second-order valence-corrected chi connectivity index (χ2v) is 5.98. The number of nitrogens with zero attached hydrogens (tertiary/aromatic N) is 1. The van der Waals surface area contributed by atoms with E-state index in [0.717, 1.165) is 5.56 Å². The van der Waals surface area contributed by atoms with Crippen LogP contribution in [0, 0.1) is 5.82 Å². The van der Waals surface area contributed by atoms with E-state index in [1.165, 1.54) is 28.8 Å². The van der Waals surface area contributed by atoms with Crippen molar-refractivity contribution in [3.63, 3.8) is 0 Å². The zero-order valence-electron chi connectivity index (χ0n) is 13.2. The van der Waals surface area contributed by atoms with Crippen LogP contribution in [0.25, 0.3) is 10.6 Å². The van der Waals surface area contributed by atoms with Crippen LogP contribution in [0.2, 0.25) is 0 Å². The fourth-order valence-corrected chi connectivity index (χ4v) is 2.99. The fraction of sp³-hybridized carbons (Fsp3) is 0.111. The van der Waals surface area contributed by atoms with E-state index in [-0.39, 0.29) is 18.1 Å². The Kier molecular flexibility index (Phi) is 4.95. The van der Waals surface area contributed by atoms with E-state index >= 15 is 0 Å². The normalized spacial score (nSPS) is 10.5. The first-order valence-corrected chi connectivity index (χ1v) is 8.19. The Morgan fingerprint density at radius 3 is 2.64 bits per heavy atom. The molecule has 0 saturated carbocycles. The number of carboxylic acids is 1. The molecule has 0 bridgehead atoms. The van der Waals surface area contributed by atoms with Gasteiger partial charge in [0.1, 0.15) is 28.9 Å². The summed E-state index contributed by atoms with van der Waals surface area (Å²) >= 11 is 1.22. The van der Waals surface area contributed by atoms with Gasteiger partial charge in [-0.25, -0.2) is 14.2 Å². The van der Waals surface area contributed by atoms with Gasteiger partial charge in [0, 0.05) is 11.4 Å². The summed E-state index contributed by atoms with van der Waals surface area (Å²) in [7, 11) is 1.55. The van der Waals surface area contributed by atoms with Gasteiger partial charge in [-0.3, -0.25) is 0 Å². The third kappa shape index (κ3) is 3.95. The van der Waals surface area contributed by atoms with Crippen molar-refractivity contribution in [2.24, 2.45) is 0 Å². The molecular formula is C18H14FNO4S. The Hall–Kier alpha value is -2.93. The summed E-state index contributed by atoms with van der Waals surface area (Å²) < 4.78 is 24.1. The lowest BCUT2D eigenvalue weighted by molar-refractivity contribution is 0.0691. The van der Waals surface area contributed by atoms with E-state index in [4.69, 9.17) is 14.6 Å². The van der Waals surface area contributed by atoms with Crippen LogP contribution < -0.4 is 9.47 Å². The molecule has 0 aliphatic rings. The monoisotopic (exact) mass is 359 g/mol. The number of benzene rings is 2. The second-order valence-electron chi connectivity index (χ2n) is 5.12. The van der Waals surface area contributed by atoms with Crippen LogP contribution in [0.1, 0.15) is 16.1 Å². The molecule has 0 fully saturated rings. The lowest BCUT2D eigenvalue weighted by Crippen LogP contribution is -1.99. The average molecular weight is 359 g/mol. The van der Waals surface area contributed by atoms with Gasteiger partial charge < -0.3 is 14.6 Å². The van der Waals surface area contributed by atoms with Gasteiger partial charge in [-0.2, -0.15) is 0 Å². The van der Waals surface area contributed by atoms with Crippen LogP contribution in [-0.2, 0) is 6.61 Å². The minimum atomic E-state index is -1.08. The number of ether oxygens (including phenoxy) is 2. The zero-order chi connectivity index (χ0) is 17.8. The SMILES string of the molecule is COc1ccc(-c2nc(C(=O)O)cs2)c(OCc2ccc(F)cc2)c1. The van der Waals surface area contributed by atoms with Gasteiger partial charge in [0.2, 0.25) is 0 Å². The molecule has 0 amide bonds. The summed E-state index contributed by atoms with van der Waals surface area (Å²) in [5.41, 5.74) is 1.46. The largest absolute Gasteiger partial charge is 0.497 e. The maximum atomic E-state index is 13.0. The molecule has 5 nitrogen and oxygen atoms in total. The van der Waals surface area contributed by atoms with Crippen LogP contribution in [0.4, 0.5) is 4.39 Å². The molecular weight excluding hydrogens is 345 g/mol. The van der Waals surface area contributed by atoms with E-state index in [1.807, 2.05) is 0 Å². The number of carboxylic acid groups (broad SMARTS) is 1. The summed E-state index contributed by atoms with van der Waals surface area (Å²) in [6.45, 7) is 0.234. The van der Waals surface area contributed by atoms with Crippen LogP contribution in [0.15, 0.2) is 47.8 Å². The van der Waals surface area contributed by atoms with Gasteiger partial charge in [-0.05, 0) is 29.8 Å². The molecule has 7 heteroatoms. The Bertz CT molecular complexity index is 892. The molecule has 25 heavy (non-hydrogen) atoms. The first kappa shape index (κ1) is 16.9. The Morgan fingerprint density at radius 2 is 2.00 bits per heavy atom. The molecule has 1 heterocycles. The highest BCUT2D eigenvalue weighted by atomic mass is 32.1. The minimum Gasteiger partial charge on any atom is -0.497 e. The van der Waals surface area contributed by atoms with Crippen LogP contribution >= 0.6 is 11.3 Å². The van der Waals surface area contributed by atoms with Gasteiger partial charge in [0.05, 0.1) is 12.7 Å².